The maximum absolute atomic E-state index is 5.80. The lowest BCUT2D eigenvalue weighted by molar-refractivity contribution is 0.0258. The smallest absolute Gasteiger partial charge is 0.191 e. The monoisotopic (exact) mass is 476 g/mol. The molecule has 1 rings (SSSR count). The van der Waals surface area contributed by atoms with Gasteiger partial charge in [-0.15, -0.1) is 24.0 Å². The molecule has 0 amide bonds. The Morgan fingerprint density at radius 3 is 2.27 bits per heavy atom. The van der Waals surface area contributed by atoms with Gasteiger partial charge in [-0.05, 0) is 43.9 Å². The maximum Gasteiger partial charge on any atom is 0.191 e. The Kier molecular flexibility index (Phi) is 13.5. The predicted octanol–water partition coefficient (Wildman–Crippen LogP) is 3.88. The third-order valence-electron chi connectivity index (χ3n) is 4.06. The van der Waals surface area contributed by atoms with E-state index in [9.17, 15) is 0 Å². The summed E-state index contributed by atoms with van der Waals surface area (Å²) in [5.74, 6) is 1.38. The van der Waals surface area contributed by atoms with Gasteiger partial charge in [0.25, 0.3) is 0 Å². The van der Waals surface area contributed by atoms with E-state index < -0.39 is 0 Å². The number of aliphatic imine (C=N–C) groups is 1. The molecule has 1 aromatic carbocycles. The lowest BCUT2D eigenvalue weighted by Gasteiger charge is -2.21. The maximum atomic E-state index is 5.80. The van der Waals surface area contributed by atoms with Crippen molar-refractivity contribution in [1.29, 1.82) is 0 Å². The second-order valence-electron chi connectivity index (χ2n) is 6.71. The Morgan fingerprint density at radius 1 is 1.12 bits per heavy atom. The van der Waals surface area contributed by atoms with E-state index in [1.807, 2.05) is 14.1 Å². The van der Waals surface area contributed by atoms with E-state index in [1.54, 1.807) is 0 Å². The average molecular weight is 476 g/mol. The lowest BCUT2D eigenvalue weighted by Crippen LogP contribution is -2.39. The number of nitrogens with one attached hydrogen (secondary N) is 2. The van der Waals surface area contributed by atoms with Crippen molar-refractivity contribution >= 4 is 35.6 Å². The minimum Gasteiger partial charge on any atom is -0.378 e. The predicted molar refractivity (Wildman–Crippen MR) is 124 cm³/mol. The molecule has 26 heavy (non-hydrogen) atoms. The van der Waals surface area contributed by atoms with Crippen LogP contribution in [0.15, 0.2) is 29.3 Å². The van der Waals surface area contributed by atoms with Gasteiger partial charge in [-0.1, -0.05) is 26.0 Å². The molecular weight excluding hydrogens is 439 g/mol. The molecule has 0 saturated carbocycles. The van der Waals surface area contributed by atoms with Crippen LogP contribution in [0.1, 0.15) is 39.7 Å². The Labute approximate surface area is 177 Å². The summed E-state index contributed by atoms with van der Waals surface area (Å²) in [6.07, 6.45) is 1.27. The standard InChI is InChI=1S/C20H36N4O.HI/c1-7-21-20(22-14-13-19(16(3)4)25-8-2)23-15-17-9-11-18(12-10-17)24(5)6;/h9-12,16,19H,7-8,13-15H2,1-6H3,(H2,21,22,23);1H. The second kappa shape index (κ2) is 14.1. The number of benzene rings is 1. The Balaban J connectivity index is 0.00000625. The van der Waals surface area contributed by atoms with Gasteiger partial charge in [-0.2, -0.15) is 0 Å². The molecule has 0 aliphatic carbocycles. The van der Waals surface area contributed by atoms with Crippen molar-refractivity contribution in [3.8, 4) is 0 Å². The summed E-state index contributed by atoms with van der Waals surface area (Å²) in [5.41, 5.74) is 2.41. The zero-order valence-electron chi connectivity index (χ0n) is 17.2. The molecule has 0 saturated heterocycles. The first-order valence-corrected chi connectivity index (χ1v) is 9.37. The number of rotatable bonds is 10. The van der Waals surface area contributed by atoms with E-state index in [0.717, 1.165) is 32.1 Å². The molecule has 1 unspecified atom stereocenters. The largest absolute Gasteiger partial charge is 0.378 e. The summed E-state index contributed by atoms with van der Waals surface area (Å²) < 4.78 is 5.80. The molecular formula is C20H37IN4O. The second-order valence-corrected chi connectivity index (χ2v) is 6.71. The molecule has 5 nitrogen and oxygen atoms in total. The molecule has 0 aliphatic heterocycles. The summed E-state index contributed by atoms with van der Waals surface area (Å²) >= 11 is 0. The molecule has 0 bridgehead atoms. The van der Waals surface area contributed by atoms with Crippen LogP contribution in [0.3, 0.4) is 0 Å². The van der Waals surface area contributed by atoms with Crippen molar-refractivity contribution in [3.05, 3.63) is 29.8 Å². The highest BCUT2D eigenvalue weighted by atomic mass is 127. The van der Waals surface area contributed by atoms with Crippen molar-refractivity contribution in [2.75, 3.05) is 38.7 Å². The number of ether oxygens (including phenoxy) is 1. The van der Waals surface area contributed by atoms with Crippen molar-refractivity contribution in [3.63, 3.8) is 0 Å². The van der Waals surface area contributed by atoms with E-state index >= 15 is 0 Å². The first-order valence-electron chi connectivity index (χ1n) is 9.37. The zero-order chi connectivity index (χ0) is 18.7. The van der Waals surface area contributed by atoms with E-state index in [1.165, 1.54) is 11.3 Å². The first kappa shape index (κ1) is 25.0. The SMILES string of the molecule is CCNC(=NCc1ccc(N(C)C)cc1)NCCC(OCC)C(C)C.I. The van der Waals surface area contributed by atoms with Crippen LogP contribution in [-0.4, -0.2) is 45.9 Å². The normalized spacial score (nSPS) is 12.5. The number of nitrogens with zero attached hydrogens (tertiary/aromatic N) is 2. The quantitative estimate of drug-likeness (QED) is 0.306. The number of halogens is 1. The number of hydrogen-bond acceptors (Lipinski definition) is 3. The van der Waals surface area contributed by atoms with Gasteiger partial charge >= 0.3 is 0 Å². The van der Waals surface area contributed by atoms with Crippen molar-refractivity contribution < 1.29 is 4.74 Å². The summed E-state index contributed by atoms with van der Waals surface area (Å²) in [7, 11) is 4.10. The van der Waals surface area contributed by atoms with Crippen molar-refractivity contribution in [2.24, 2.45) is 10.9 Å². The van der Waals surface area contributed by atoms with Crippen LogP contribution >= 0.6 is 24.0 Å². The fourth-order valence-corrected chi connectivity index (χ4v) is 2.57. The van der Waals surface area contributed by atoms with Crippen LogP contribution in [0.4, 0.5) is 5.69 Å². The molecule has 0 fully saturated rings. The van der Waals surface area contributed by atoms with Crippen LogP contribution in [-0.2, 0) is 11.3 Å². The summed E-state index contributed by atoms with van der Waals surface area (Å²) in [6, 6.07) is 8.51. The first-order chi connectivity index (χ1) is 12.0. The molecule has 0 spiro atoms. The minimum atomic E-state index is 0. The van der Waals surface area contributed by atoms with Crippen LogP contribution in [0.25, 0.3) is 0 Å². The Hall–Kier alpha value is -1.02. The van der Waals surface area contributed by atoms with Crippen LogP contribution in [0.5, 0.6) is 0 Å². The molecule has 0 heterocycles. The molecule has 0 radical (unpaired) electrons. The lowest BCUT2D eigenvalue weighted by atomic mass is 10.0. The fourth-order valence-electron chi connectivity index (χ4n) is 2.57. The van der Waals surface area contributed by atoms with Gasteiger partial charge < -0.3 is 20.3 Å². The van der Waals surface area contributed by atoms with Gasteiger partial charge in [0.1, 0.15) is 0 Å². The molecule has 0 aromatic heterocycles. The van der Waals surface area contributed by atoms with E-state index in [4.69, 9.17) is 4.74 Å². The highest BCUT2D eigenvalue weighted by Gasteiger charge is 2.12. The number of guanidine groups is 1. The van der Waals surface area contributed by atoms with Crippen molar-refractivity contribution in [1.82, 2.24) is 10.6 Å². The summed E-state index contributed by atoms with van der Waals surface area (Å²) in [4.78, 5) is 6.79. The summed E-state index contributed by atoms with van der Waals surface area (Å²) in [5, 5.41) is 6.72. The van der Waals surface area contributed by atoms with Gasteiger partial charge in [0.2, 0.25) is 0 Å². The molecule has 0 aliphatic rings. The van der Waals surface area contributed by atoms with Gasteiger partial charge in [-0.3, -0.25) is 0 Å². The molecule has 2 N–H and O–H groups in total. The topological polar surface area (TPSA) is 48.9 Å². The third kappa shape index (κ3) is 9.62. The third-order valence-corrected chi connectivity index (χ3v) is 4.06. The molecule has 6 heteroatoms. The van der Waals surface area contributed by atoms with E-state index in [2.05, 4.69) is 72.5 Å². The average Bonchev–Trinajstić information content (AvgIpc) is 2.59. The van der Waals surface area contributed by atoms with Crippen LogP contribution < -0.4 is 15.5 Å². The highest BCUT2D eigenvalue weighted by molar-refractivity contribution is 14.0. The van der Waals surface area contributed by atoms with Crippen molar-refractivity contribution in [2.45, 2.75) is 46.8 Å². The Bertz CT molecular complexity index is 503. The number of hydrogen-bond donors (Lipinski definition) is 2. The van der Waals surface area contributed by atoms with E-state index in [0.29, 0.717) is 18.6 Å². The molecule has 1 aromatic rings. The highest BCUT2D eigenvalue weighted by Crippen LogP contribution is 2.13. The minimum absolute atomic E-state index is 0. The molecule has 150 valence electrons. The zero-order valence-corrected chi connectivity index (χ0v) is 19.5. The van der Waals surface area contributed by atoms with Gasteiger partial charge in [0.05, 0.1) is 12.6 Å². The van der Waals surface area contributed by atoms with Crippen LogP contribution in [0.2, 0.25) is 0 Å². The van der Waals surface area contributed by atoms with E-state index in [-0.39, 0.29) is 24.0 Å². The van der Waals surface area contributed by atoms with Gasteiger partial charge in [0, 0.05) is 39.5 Å². The molecule has 1 atom stereocenters. The number of anilines is 1. The fraction of sp³-hybridized carbons (Fsp3) is 0.650. The summed E-state index contributed by atoms with van der Waals surface area (Å²) in [6.45, 7) is 11.7. The van der Waals surface area contributed by atoms with Crippen LogP contribution in [0, 0.1) is 5.92 Å². The van der Waals surface area contributed by atoms with Gasteiger partial charge in [-0.25, -0.2) is 4.99 Å². The van der Waals surface area contributed by atoms with Gasteiger partial charge in [0.15, 0.2) is 5.96 Å². The Morgan fingerprint density at radius 2 is 1.77 bits per heavy atom.